The van der Waals surface area contributed by atoms with Crippen LogP contribution < -0.4 is 0 Å². The highest BCUT2D eigenvalue weighted by Crippen LogP contribution is 2.30. The summed E-state index contributed by atoms with van der Waals surface area (Å²) in [6, 6.07) is 2.54. The monoisotopic (exact) mass is 348 g/mol. The average Bonchev–Trinajstić information content (AvgIpc) is 2.51. The van der Waals surface area contributed by atoms with Gasteiger partial charge in [-0.25, -0.2) is 4.79 Å². The summed E-state index contributed by atoms with van der Waals surface area (Å²) in [6.07, 6.45) is 7.40. The van der Waals surface area contributed by atoms with Crippen molar-refractivity contribution in [2.24, 2.45) is 5.92 Å². The van der Waals surface area contributed by atoms with E-state index >= 15 is 0 Å². The Kier molecular flexibility index (Phi) is 6.88. The number of aliphatic hydroxyl groups excluding tert-OH is 1. The van der Waals surface area contributed by atoms with E-state index in [0.717, 1.165) is 25.3 Å². The minimum atomic E-state index is -0.638. The maximum Gasteiger partial charge on any atom is 0.342 e. The molecule has 2 rings (SSSR count). The lowest BCUT2D eigenvalue weighted by atomic mass is 9.96. The van der Waals surface area contributed by atoms with Crippen LogP contribution >= 0.6 is 0 Å². The summed E-state index contributed by atoms with van der Waals surface area (Å²) in [5.74, 6) is -0.947. The van der Waals surface area contributed by atoms with Gasteiger partial charge in [-0.1, -0.05) is 32.4 Å². The molecule has 3 N–H and O–H groups in total. The Morgan fingerprint density at radius 3 is 2.64 bits per heavy atom. The summed E-state index contributed by atoms with van der Waals surface area (Å²) < 4.78 is 5.63. The van der Waals surface area contributed by atoms with Gasteiger partial charge in [0.25, 0.3) is 0 Å². The number of hydrogen-bond donors (Lipinski definition) is 3. The Hall–Kier alpha value is -2.01. The van der Waals surface area contributed by atoms with Gasteiger partial charge in [-0.3, -0.25) is 0 Å². The molecule has 0 aliphatic carbocycles. The van der Waals surface area contributed by atoms with E-state index in [9.17, 15) is 20.1 Å². The highest BCUT2D eigenvalue weighted by Gasteiger charge is 2.25. The molecule has 5 nitrogen and oxygen atoms in total. The van der Waals surface area contributed by atoms with Gasteiger partial charge in [-0.2, -0.15) is 0 Å². The SMILES string of the molecule is CC(C)[C@@H]1C/C=C/CCCCC(O)Cc2cc(O)cc(O)c2C(=O)O1. The van der Waals surface area contributed by atoms with Crippen molar-refractivity contribution in [3.05, 3.63) is 35.4 Å². The predicted octanol–water partition coefficient (Wildman–Crippen LogP) is 3.70. The maximum atomic E-state index is 12.7. The maximum absolute atomic E-state index is 12.7. The molecule has 1 heterocycles. The zero-order valence-corrected chi connectivity index (χ0v) is 14.9. The molecular formula is C20H28O5. The normalized spacial score (nSPS) is 24.2. The molecule has 5 heteroatoms. The largest absolute Gasteiger partial charge is 0.508 e. The number of carbonyl (C=O) groups is 1. The molecule has 1 unspecified atom stereocenters. The van der Waals surface area contributed by atoms with Crippen molar-refractivity contribution in [1.82, 2.24) is 0 Å². The Balaban J connectivity index is 2.37. The van der Waals surface area contributed by atoms with E-state index in [0.29, 0.717) is 18.4 Å². The second-order valence-electron chi connectivity index (χ2n) is 7.04. The third kappa shape index (κ3) is 5.49. The van der Waals surface area contributed by atoms with E-state index in [1.807, 2.05) is 19.9 Å². The van der Waals surface area contributed by atoms with Crippen LogP contribution in [0.15, 0.2) is 24.3 Å². The number of fused-ring (bicyclic) bond motifs is 1. The first-order valence-electron chi connectivity index (χ1n) is 8.97. The van der Waals surface area contributed by atoms with Gasteiger partial charge in [-0.15, -0.1) is 0 Å². The lowest BCUT2D eigenvalue weighted by Gasteiger charge is -2.22. The summed E-state index contributed by atoms with van der Waals surface area (Å²) >= 11 is 0. The number of phenolic OH excluding ortho intramolecular Hbond substituents is 2. The molecule has 0 spiro atoms. The predicted molar refractivity (Wildman–Crippen MR) is 95.7 cm³/mol. The molecule has 0 aromatic heterocycles. The zero-order valence-electron chi connectivity index (χ0n) is 14.9. The Bertz CT molecular complexity index is 621. The fraction of sp³-hybridized carbons (Fsp3) is 0.550. The van der Waals surface area contributed by atoms with Gasteiger partial charge >= 0.3 is 5.97 Å². The van der Waals surface area contributed by atoms with Crippen LogP contribution in [0.2, 0.25) is 0 Å². The zero-order chi connectivity index (χ0) is 18.4. The molecule has 0 fully saturated rings. The second-order valence-corrected chi connectivity index (χ2v) is 7.04. The number of rotatable bonds is 1. The summed E-state index contributed by atoms with van der Waals surface area (Å²) in [6.45, 7) is 3.96. The summed E-state index contributed by atoms with van der Waals surface area (Å²) in [5.41, 5.74) is 0.439. The molecule has 2 atom stereocenters. The van der Waals surface area contributed by atoms with E-state index < -0.39 is 12.1 Å². The molecule has 138 valence electrons. The van der Waals surface area contributed by atoms with Gasteiger partial charge in [0.15, 0.2) is 0 Å². The van der Waals surface area contributed by atoms with Crippen LogP contribution in [0.3, 0.4) is 0 Å². The van der Waals surface area contributed by atoms with Crippen LogP contribution in [-0.4, -0.2) is 33.5 Å². The molecule has 0 bridgehead atoms. The fourth-order valence-electron chi connectivity index (χ4n) is 3.06. The van der Waals surface area contributed by atoms with Crippen molar-refractivity contribution in [3.8, 4) is 11.5 Å². The molecule has 0 saturated carbocycles. The number of hydrogen-bond acceptors (Lipinski definition) is 5. The quantitative estimate of drug-likeness (QED) is 0.532. The highest BCUT2D eigenvalue weighted by molar-refractivity contribution is 5.94. The molecule has 1 aliphatic rings. The third-order valence-electron chi connectivity index (χ3n) is 4.54. The molecule has 1 aromatic carbocycles. The fourth-order valence-corrected chi connectivity index (χ4v) is 3.06. The van der Waals surface area contributed by atoms with E-state index in [-0.39, 0.29) is 35.5 Å². The van der Waals surface area contributed by atoms with Crippen molar-refractivity contribution >= 4 is 5.97 Å². The van der Waals surface area contributed by atoms with E-state index in [2.05, 4.69) is 6.08 Å². The number of ether oxygens (including phenoxy) is 1. The first-order valence-corrected chi connectivity index (χ1v) is 8.97. The molecule has 1 aromatic rings. The first-order chi connectivity index (χ1) is 11.9. The summed E-state index contributed by atoms with van der Waals surface area (Å²) in [5, 5.41) is 30.2. The number of cyclic esters (lactones) is 1. The number of phenols is 2. The smallest absolute Gasteiger partial charge is 0.342 e. The van der Waals surface area contributed by atoms with Crippen molar-refractivity contribution in [2.45, 2.75) is 64.6 Å². The number of benzene rings is 1. The summed E-state index contributed by atoms with van der Waals surface area (Å²) in [4.78, 5) is 12.7. The third-order valence-corrected chi connectivity index (χ3v) is 4.54. The topological polar surface area (TPSA) is 87.0 Å². The highest BCUT2D eigenvalue weighted by atomic mass is 16.5. The average molecular weight is 348 g/mol. The van der Waals surface area contributed by atoms with Gasteiger partial charge < -0.3 is 20.1 Å². The van der Waals surface area contributed by atoms with Crippen LogP contribution in [0.4, 0.5) is 0 Å². The van der Waals surface area contributed by atoms with Gasteiger partial charge in [0.05, 0.1) is 6.10 Å². The Labute approximate surface area is 149 Å². The van der Waals surface area contributed by atoms with Gasteiger partial charge in [0, 0.05) is 12.5 Å². The minimum Gasteiger partial charge on any atom is -0.508 e. The number of aliphatic hydroxyl groups is 1. The molecule has 0 amide bonds. The number of allylic oxidation sites excluding steroid dienone is 1. The molecule has 1 aliphatic heterocycles. The molecule has 0 saturated heterocycles. The molecule has 25 heavy (non-hydrogen) atoms. The van der Waals surface area contributed by atoms with E-state index in [4.69, 9.17) is 4.74 Å². The van der Waals surface area contributed by atoms with Crippen molar-refractivity contribution < 1.29 is 24.9 Å². The number of esters is 1. The lowest BCUT2D eigenvalue weighted by molar-refractivity contribution is 0.0188. The Morgan fingerprint density at radius 1 is 1.16 bits per heavy atom. The second kappa shape index (κ2) is 8.90. The van der Waals surface area contributed by atoms with Crippen molar-refractivity contribution in [2.75, 3.05) is 0 Å². The van der Waals surface area contributed by atoms with Crippen LogP contribution in [-0.2, 0) is 11.2 Å². The van der Waals surface area contributed by atoms with Crippen LogP contribution in [0.5, 0.6) is 11.5 Å². The summed E-state index contributed by atoms with van der Waals surface area (Å²) in [7, 11) is 0. The van der Waals surface area contributed by atoms with Crippen LogP contribution in [0, 0.1) is 5.92 Å². The Morgan fingerprint density at radius 2 is 1.92 bits per heavy atom. The van der Waals surface area contributed by atoms with E-state index in [1.165, 1.54) is 6.07 Å². The minimum absolute atomic E-state index is 0.0311. The lowest BCUT2D eigenvalue weighted by Crippen LogP contribution is -2.24. The standard InChI is InChI=1S/C20H28O5/c1-13(2)18-9-7-5-3-4-6-8-15(21)10-14-11-16(22)12-17(23)19(14)20(24)25-18/h5,7,11-13,15,18,21-23H,3-4,6,8-10H2,1-2H3/b7-5+/t15?,18-/m0/s1. The molecular weight excluding hydrogens is 320 g/mol. The molecule has 0 radical (unpaired) electrons. The van der Waals surface area contributed by atoms with Gasteiger partial charge in [-0.05, 0) is 43.2 Å². The van der Waals surface area contributed by atoms with Gasteiger partial charge in [0.2, 0.25) is 0 Å². The van der Waals surface area contributed by atoms with Crippen LogP contribution in [0.1, 0.15) is 61.9 Å². The van der Waals surface area contributed by atoms with Gasteiger partial charge in [0.1, 0.15) is 23.2 Å². The number of aromatic hydroxyl groups is 2. The number of carbonyl (C=O) groups excluding carboxylic acids is 1. The van der Waals surface area contributed by atoms with E-state index in [1.54, 1.807) is 0 Å². The van der Waals surface area contributed by atoms with Crippen molar-refractivity contribution in [3.63, 3.8) is 0 Å². The first kappa shape index (κ1) is 19.3. The van der Waals surface area contributed by atoms with Crippen LogP contribution in [0.25, 0.3) is 0 Å². The van der Waals surface area contributed by atoms with Crippen molar-refractivity contribution in [1.29, 1.82) is 0 Å².